The van der Waals surface area contributed by atoms with Crippen molar-refractivity contribution >= 4 is 0 Å². The lowest BCUT2D eigenvalue weighted by Crippen LogP contribution is -2.46. The van der Waals surface area contributed by atoms with E-state index in [0.29, 0.717) is 5.92 Å². The van der Waals surface area contributed by atoms with E-state index in [1.54, 1.807) is 0 Å². The SMILES string of the molecule is CCC1(NCCOCCC(C)C)C=CC=C(N)C1. The van der Waals surface area contributed by atoms with Gasteiger partial charge in [-0.1, -0.05) is 32.9 Å². The summed E-state index contributed by atoms with van der Waals surface area (Å²) in [5, 5.41) is 3.57. The maximum absolute atomic E-state index is 5.91. The molecule has 1 atom stereocenters. The summed E-state index contributed by atoms with van der Waals surface area (Å²) in [7, 11) is 0. The Morgan fingerprint density at radius 2 is 2.22 bits per heavy atom. The zero-order valence-corrected chi connectivity index (χ0v) is 12.0. The van der Waals surface area contributed by atoms with E-state index in [9.17, 15) is 0 Å². The number of nitrogens with one attached hydrogen (secondary N) is 1. The quantitative estimate of drug-likeness (QED) is 0.653. The Morgan fingerprint density at radius 3 is 2.83 bits per heavy atom. The van der Waals surface area contributed by atoms with Gasteiger partial charge in [-0.05, 0) is 24.8 Å². The van der Waals surface area contributed by atoms with E-state index in [4.69, 9.17) is 10.5 Å². The summed E-state index contributed by atoms with van der Waals surface area (Å²) < 4.78 is 5.62. The van der Waals surface area contributed by atoms with Crippen molar-refractivity contribution in [2.24, 2.45) is 11.7 Å². The minimum absolute atomic E-state index is 0.0280. The number of hydrogen-bond acceptors (Lipinski definition) is 3. The minimum Gasteiger partial charge on any atom is -0.402 e. The first kappa shape index (κ1) is 15.3. The maximum Gasteiger partial charge on any atom is 0.0591 e. The predicted molar refractivity (Wildman–Crippen MR) is 77.3 cm³/mol. The van der Waals surface area contributed by atoms with Crippen LogP contribution < -0.4 is 11.1 Å². The Balaban J connectivity index is 2.21. The van der Waals surface area contributed by atoms with Crippen LogP contribution in [0.3, 0.4) is 0 Å². The van der Waals surface area contributed by atoms with Crippen LogP contribution >= 0.6 is 0 Å². The molecule has 1 aliphatic carbocycles. The lowest BCUT2D eigenvalue weighted by atomic mass is 9.87. The van der Waals surface area contributed by atoms with Crippen LogP contribution in [0, 0.1) is 5.92 Å². The highest BCUT2D eigenvalue weighted by Crippen LogP contribution is 2.23. The summed E-state index contributed by atoms with van der Waals surface area (Å²) in [4.78, 5) is 0. The average molecular weight is 252 g/mol. The molecule has 1 aliphatic rings. The van der Waals surface area contributed by atoms with E-state index in [-0.39, 0.29) is 5.54 Å². The van der Waals surface area contributed by atoms with Crippen LogP contribution in [-0.4, -0.2) is 25.3 Å². The molecule has 3 N–H and O–H groups in total. The molecule has 0 fully saturated rings. The Kier molecular flexibility index (Phi) is 6.44. The fourth-order valence-corrected chi connectivity index (χ4v) is 2.12. The molecule has 0 aromatic heterocycles. The number of hydrogen-bond donors (Lipinski definition) is 2. The van der Waals surface area contributed by atoms with E-state index in [2.05, 4.69) is 38.2 Å². The van der Waals surface area contributed by atoms with Crippen molar-refractivity contribution in [1.82, 2.24) is 5.32 Å². The number of nitrogens with two attached hydrogens (primary N) is 1. The van der Waals surface area contributed by atoms with E-state index in [1.165, 1.54) is 0 Å². The van der Waals surface area contributed by atoms with Crippen LogP contribution in [0.4, 0.5) is 0 Å². The second-order valence-corrected chi connectivity index (χ2v) is 5.51. The molecule has 0 saturated heterocycles. The Hall–Kier alpha value is -0.800. The van der Waals surface area contributed by atoms with E-state index < -0.39 is 0 Å². The number of allylic oxidation sites excluding steroid dienone is 2. The van der Waals surface area contributed by atoms with E-state index in [0.717, 1.165) is 44.7 Å². The average Bonchev–Trinajstić information content (AvgIpc) is 2.33. The predicted octanol–water partition coefficient (Wildman–Crippen LogP) is 2.59. The Labute approximate surface area is 111 Å². The molecule has 0 amide bonds. The van der Waals surface area contributed by atoms with Gasteiger partial charge in [0.05, 0.1) is 6.61 Å². The van der Waals surface area contributed by atoms with Gasteiger partial charge in [-0.15, -0.1) is 0 Å². The molecule has 0 aromatic carbocycles. The van der Waals surface area contributed by atoms with Crippen LogP contribution in [0.15, 0.2) is 23.9 Å². The van der Waals surface area contributed by atoms with Crippen LogP contribution in [-0.2, 0) is 4.74 Å². The summed E-state index contributed by atoms with van der Waals surface area (Å²) >= 11 is 0. The second-order valence-electron chi connectivity index (χ2n) is 5.51. The van der Waals surface area contributed by atoms with E-state index >= 15 is 0 Å². The molecule has 1 rings (SSSR count). The molecule has 0 radical (unpaired) electrons. The fourth-order valence-electron chi connectivity index (χ4n) is 2.12. The lowest BCUT2D eigenvalue weighted by molar-refractivity contribution is 0.120. The molecule has 3 heteroatoms. The molecular weight excluding hydrogens is 224 g/mol. The summed E-state index contributed by atoms with van der Waals surface area (Å²) in [5.74, 6) is 0.714. The molecule has 1 unspecified atom stereocenters. The summed E-state index contributed by atoms with van der Waals surface area (Å²) in [6.45, 7) is 9.13. The van der Waals surface area contributed by atoms with Gasteiger partial charge in [0.25, 0.3) is 0 Å². The summed E-state index contributed by atoms with van der Waals surface area (Å²) in [6, 6.07) is 0. The maximum atomic E-state index is 5.91. The lowest BCUT2D eigenvalue weighted by Gasteiger charge is -2.33. The zero-order valence-electron chi connectivity index (χ0n) is 12.0. The number of rotatable bonds is 8. The van der Waals surface area contributed by atoms with Gasteiger partial charge >= 0.3 is 0 Å². The fraction of sp³-hybridized carbons (Fsp3) is 0.733. The second kappa shape index (κ2) is 7.59. The molecular formula is C15H28N2O. The molecule has 104 valence electrons. The van der Waals surface area contributed by atoms with Crippen molar-refractivity contribution in [3.05, 3.63) is 23.9 Å². The molecule has 0 aromatic rings. The molecule has 0 spiro atoms. The third-order valence-corrected chi connectivity index (χ3v) is 3.44. The highest BCUT2D eigenvalue weighted by molar-refractivity contribution is 5.25. The summed E-state index contributed by atoms with van der Waals surface area (Å²) in [6.07, 6.45) is 9.33. The topological polar surface area (TPSA) is 47.3 Å². The first-order chi connectivity index (χ1) is 8.58. The Morgan fingerprint density at radius 1 is 1.44 bits per heavy atom. The molecule has 0 saturated carbocycles. The molecule has 0 aliphatic heterocycles. The molecule has 0 heterocycles. The highest BCUT2D eigenvalue weighted by atomic mass is 16.5. The minimum atomic E-state index is 0.0280. The third kappa shape index (κ3) is 5.23. The van der Waals surface area contributed by atoms with Crippen LogP contribution in [0.1, 0.15) is 40.0 Å². The van der Waals surface area contributed by atoms with E-state index in [1.807, 2.05) is 6.08 Å². The first-order valence-corrected chi connectivity index (χ1v) is 7.04. The van der Waals surface area contributed by atoms with Gasteiger partial charge in [0.1, 0.15) is 0 Å². The molecule has 18 heavy (non-hydrogen) atoms. The van der Waals surface area contributed by atoms with Crippen molar-refractivity contribution in [3.63, 3.8) is 0 Å². The third-order valence-electron chi connectivity index (χ3n) is 3.44. The van der Waals surface area contributed by atoms with Crippen molar-refractivity contribution in [3.8, 4) is 0 Å². The zero-order chi connectivity index (χ0) is 13.4. The first-order valence-electron chi connectivity index (χ1n) is 7.04. The van der Waals surface area contributed by atoms with Gasteiger partial charge < -0.3 is 15.8 Å². The van der Waals surface area contributed by atoms with Crippen LogP contribution in [0.2, 0.25) is 0 Å². The summed E-state index contributed by atoms with van der Waals surface area (Å²) in [5.41, 5.74) is 6.89. The largest absolute Gasteiger partial charge is 0.402 e. The molecule has 3 nitrogen and oxygen atoms in total. The van der Waals surface area contributed by atoms with Crippen molar-refractivity contribution in [2.75, 3.05) is 19.8 Å². The normalized spacial score (nSPS) is 23.4. The van der Waals surface area contributed by atoms with Gasteiger partial charge in [0, 0.05) is 30.8 Å². The smallest absolute Gasteiger partial charge is 0.0591 e. The Bertz CT molecular complexity index is 297. The van der Waals surface area contributed by atoms with Crippen LogP contribution in [0.25, 0.3) is 0 Å². The van der Waals surface area contributed by atoms with Gasteiger partial charge in [0.2, 0.25) is 0 Å². The van der Waals surface area contributed by atoms with Crippen molar-refractivity contribution < 1.29 is 4.74 Å². The van der Waals surface area contributed by atoms with Gasteiger partial charge in [-0.3, -0.25) is 0 Å². The van der Waals surface area contributed by atoms with Gasteiger partial charge in [-0.25, -0.2) is 0 Å². The van der Waals surface area contributed by atoms with Gasteiger partial charge in [0.15, 0.2) is 0 Å². The standard InChI is InChI=1S/C15H28N2O/c1-4-15(8-5-6-14(16)12-15)17-9-11-18-10-7-13(2)3/h5-6,8,13,17H,4,7,9-12,16H2,1-3H3. The van der Waals surface area contributed by atoms with Gasteiger partial charge in [-0.2, -0.15) is 0 Å². The highest BCUT2D eigenvalue weighted by Gasteiger charge is 2.26. The van der Waals surface area contributed by atoms with Crippen molar-refractivity contribution in [1.29, 1.82) is 0 Å². The number of ether oxygens (including phenoxy) is 1. The monoisotopic (exact) mass is 252 g/mol. The van der Waals surface area contributed by atoms with Crippen LogP contribution in [0.5, 0.6) is 0 Å². The van der Waals surface area contributed by atoms with Crippen molar-refractivity contribution in [2.45, 2.75) is 45.6 Å². The molecule has 0 bridgehead atoms.